The number of thioether (sulfide) groups is 1. The van der Waals surface area contributed by atoms with Gasteiger partial charge in [-0.1, -0.05) is 23.1 Å². The molecule has 4 N–H and O–H groups in total. The number of anilines is 2. The molecule has 0 aliphatic rings. The van der Waals surface area contributed by atoms with Gasteiger partial charge in [0.2, 0.25) is 5.13 Å². The third-order valence-corrected chi connectivity index (χ3v) is 5.69. The van der Waals surface area contributed by atoms with Gasteiger partial charge in [0.1, 0.15) is 9.88 Å². The third kappa shape index (κ3) is 4.16. The molecule has 0 aromatic carbocycles. The number of hydrogen-bond donors (Lipinski definition) is 2. The Labute approximate surface area is 150 Å². The summed E-state index contributed by atoms with van der Waals surface area (Å²) in [7, 11) is 0. The predicted molar refractivity (Wildman–Crippen MR) is 94.5 cm³/mol. The number of nitrogen functional groups attached to an aromatic ring is 2. The smallest absolute Gasteiger partial charge is 0.348 e. The summed E-state index contributed by atoms with van der Waals surface area (Å²) in [6.07, 6.45) is 0. The Hall–Kier alpha value is -1.85. The molecule has 2 rings (SSSR count). The Balaban J connectivity index is 2.35. The Kier molecular flexibility index (Phi) is 6.40. The van der Waals surface area contributed by atoms with E-state index in [1.54, 1.807) is 13.8 Å². The topological polar surface area (TPSA) is 130 Å². The summed E-state index contributed by atoms with van der Waals surface area (Å²) < 4.78 is 10.7. The van der Waals surface area contributed by atoms with Gasteiger partial charge >= 0.3 is 11.9 Å². The number of hydrogen-bond acceptors (Lipinski definition) is 11. The molecule has 2 aromatic heterocycles. The molecule has 0 unspecified atom stereocenters. The highest BCUT2D eigenvalue weighted by Gasteiger charge is 2.27. The number of aromatic nitrogens is 2. The van der Waals surface area contributed by atoms with Crippen LogP contribution in [0.1, 0.15) is 39.4 Å². The van der Waals surface area contributed by atoms with Crippen molar-refractivity contribution in [1.82, 2.24) is 10.2 Å². The minimum Gasteiger partial charge on any atom is -0.462 e. The Morgan fingerprint density at radius 3 is 2.33 bits per heavy atom. The zero-order valence-electron chi connectivity index (χ0n) is 13.0. The van der Waals surface area contributed by atoms with Crippen molar-refractivity contribution >= 4 is 56.5 Å². The van der Waals surface area contributed by atoms with Crippen LogP contribution in [0.4, 0.5) is 10.1 Å². The molecule has 0 saturated heterocycles. The Morgan fingerprint density at radius 1 is 1.08 bits per heavy atom. The average Bonchev–Trinajstić information content (AvgIpc) is 3.09. The van der Waals surface area contributed by atoms with Crippen molar-refractivity contribution in [2.75, 3.05) is 24.7 Å². The lowest BCUT2D eigenvalue weighted by Gasteiger charge is -2.06. The van der Waals surface area contributed by atoms with Gasteiger partial charge in [-0.3, -0.25) is 0 Å². The van der Waals surface area contributed by atoms with E-state index in [4.69, 9.17) is 20.9 Å². The molecule has 0 aliphatic heterocycles. The first-order chi connectivity index (χ1) is 11.5. The van der Waals surface area contributed by atoms with Gasteiger partial charge in [0.05, 0.1) is 18.8 Å². The van der Waals surface area contributed by atoms with Crippen molar-refractivity contribution in [3.05, 3.63) is 16.0 Å². The number of carbonyl (C=O) groups is 2. The number of nitrogens with zero attached hydrogens (tertiary/aromatic N) is 2. The summed E-state index contributed by atoms with van der Waals surface area (Å²) >= 11 is 3.54. The number of carbonyl (C=O) groups excluding carboxylic acids is 2. The zero-order valence-corrected chi connectivity index (χ0v) is 15.5. The van der Waals surface area contributed by atoms with E-state index in [0.717, 1.165) is 11.3 Å². The second kappa shape index (κ2) is 8.31. The highest BCUT2D eigenvalue weighted by atomic mass is 32.2. The van der Waals surface area contributed by atoms with Crippen LogP contribution in [0.15, 0.2) is 4.34 Å². The van der Waals surface area contributed by atoms with Crippen LogP contribution in [-0.2, 0) is 15.2 Å². The van der Waals surface area contributed by atoms with Gasteiger partial charge in [-0.25, -0.2) is 9.59 Å². The second-order valence-corrected chi connectivity index (χ2v) is 7.57. The maximum atomic E-state index is 12.2. The second-order valence-electron chi connectivity index (χ2n) is 4.28. The normalized spacial score (nSPS) is 10.6. The van der Waals surface area contributed by atoms with Gasteiger partial charge in [-0.05, 0) is 13.8 Å². The molecule has 0 spiro atoms. The maximum absolute atomic E-state index is 12.2. The van der Waals surface area contributed by atoms with Crippen LogP contribution in [0.5, 0.6) is 0 Å². The minimum atomic E-state index is -0.561. The van der Waals surface area contributed by atoms with Gasteiger partial charge in [-0.15, -0.1) is 21.5 Å². The molecule has 0 radical (unpaired) electrons. The molecule has 0 saturated carbocycles. The van der Waals surface area contributed by atoms with E-state index in [0.29, 0.717) is 25.7 Å². The molecule has 0 bridgehead atoms. The number of esters is 2. The molecule has 130 valence electrons. The first-order valence-corrected chi connectivity index (χ1v) is 9.56. The molecule has 2 aromatic rings. The van der Waals surface area contributed by atoms with Crippen LogP contribution in [0.25, 0.3) is 0 Å². The summed E-state index contributed by atoms with van der Waals surface area (Å²) in [6.45, 7) is 3.85. The van der Waals surface area contributed by atoms with E-state index >= 15 is 0 Å². The monoisotopic (exact) mass is 388 g/mol. The molecule has 2 heterocycles. The largest absolute Gasteiger partial charge is 0.462 e. The van der Waals surface area contributed by atoms with Gasteiger partial charge < -0.3 is 20.9 Å². The quantitative estimate of drug-likeness (QED) is 0.542. The van der Waals surface area contributed by atoms with Crippen molar-refractivity contribution in [2.45, 2.75) is 23.9 Å². The number of ether oxygens (including phenoxy) is 2. The SMILES string of the molecule is CCOC(=O)c1sc(N)c(C(=O)OCC)c1CSc1nnc(N)s1. The van der Waals surface area contributed by atoms with Crippen molar-refractivity contribution in [1.29, 1.82) is 0 Å². The van der Waals surface area contributed by atoms with Crippen LogP contribution in [0.3, 0.4) is 0 Å². The van der Waals surface area contributed by atoms with Crippen LogP contribution >= 0.6 is 34.4 Å². The summed E-state index contributed by atoms with van der Waals surface area (Å²) in [4.78, 5) is 24.6. The molecular formula is C13H16N4O4S3. The predicted octanol–water partition coefficient (Wildman–Crippen LogP) is 2.41. The lowest BCUT2D eigenvalue weighted by molar-refractivity contribution is 0.0527. The average molecular weight is 388 g/mol. The number of rotatable bonds is 7. The Morgan fingerprint density at radius 2 is 1.75 bits per heavy atom. The minimum absolute atomic E-state index is 0.204. The van der Waals surface area contributed by atoms with Gasteiger partial charge in [0.15, 0.2) is 4.34 Å². The summed E-state index contributed by atoms with van der Waals surface area (Å²) in [5, 5.41) is 8.21. The van der Waals surface area contributed by atoms with Crippen LogP contribution in [0, 0.1) is 0 Å². The molecule has 0 aliphatic carbocycles. The van der Waals surface area contributed by atoms with E-state index in [9.17, 15) is 9.59 Å². The highest BCUT2D eigenvalue weighted by Crippen LogP contribution is 2.37. The van der Waals surface area contributed by atoms with Crippen LogP contribution < -0.4 is 11.5 Å². The van der Waals surface area contributed by atoms with E-state index in [1.165, 1.54) is 23.1 Å². The summed E-state index contributed by atoms with van der Waals surface area (Å²) in [5.74, 6) is -0.781. The first kappa shape index (κ1) is 18.5. The number of nitrogens with two attached hydrogens (primary N) is 2. The van der Waals surface area contributed by atoms with Gasteiger partial charge in [0, 0.05) is 11.3 Å². The van der Waals surface area contributed by atoms with E-state index in [1.807, 2.05) is 0 Å². The molecule has 8 nitrogen and oxygen atoms in total. The fourth-order valence-corrected chi connectivity index (χ4v) is 4.55. The standard InChI is InChI=1S/C13H16N4O4S3/c1-3-20-10(18)7-6(5-22-13-17-16-12(15)24-13)8(23-9(7)14)11(19)21-4-2/h3-5,14H2,1-2H3,(H2,15,16). The van der Waals surface area contributed by atoms with Crippen molar-refractivity contribution in [2.24, 2.45) is 0 Å². The van der Waals surface area contributed by atoms with E-state index in [2.05, 4.69) is 10.2 Å². The lowest BCUT2D eigenvalue weighted by Crippen LogP contribution is -2.10. The van der Waals surface area contributed by atoms with Crippen molar-refractivity contribution in [3.8, 4) is 0 Å². The fraction of sp³-hybridized carbons (Fsp3) is 0.385. The van der Waals surface area contributed by atoms with E-state index in [-0.39, 0.29) is 23.8 Å². The van der Waals surface area contributed by atoms with Gasteiger partial charge in [-0.2, -0.15) is 0 Å². The molecule has 24 heavy (non-hydrogen) atoms. The molecule has 0 fully saturated rings. The summed E-state index contributed by atoms with van der Waals surface area (Å²) in [5.41, 5.74) is 12.2. The molecule has 0 amide bonds. The summed E-state index contributed by atoms with van der Waals surface area (Å²) in [6, 6.07) is 0. The van der Waals surface area contributed by atoms with Crippen LogP contribution in [0.2, 0.25) is 0 Å². The van der Waals surface area contributed by atoms with Crippen molar-refractivity contribution < 1.29 is 19.1 Å². The van der Waals surface area contributed by atoms with E-state index < -0.39 is 11.9 Å². The van der Waals surface area contributed by atoms with Crippen LogP contribution in [-0.4, -0.2) is 35.3 Å². The van der Waals surface area contributed by atoms with Crippen molar-refractivity contribution in [3.63, 3.8) is 0 Å². The number of thiophene rings is 1. The molecular weight excluding hydrogens is 372 g/mol. The molecule has 11 heteroatoms. The first-order valence-electron chi connectivity index (χ1n) is 6.95. The zero-order chi connectivity index (χ0) is 17.7. The fourth-order valence-electron chi connectivity index (χ4n) is 1.82. The highest BCUT2D eigenvalue weighted by molar-refractivity contribution is 8.00. The maximum Gasteiger partial charge on any atom is 0.348 e. The Bertz CT molecular complexity index is 744. The van der Waals surface area contributed by atoms with Gasteiger partial charge in [0.25, 0.3) is 0 Å². The lowest BCUT2D eigenvalue weighted by atomic mass is 10.1. The molecule has 0 atom stereocenters. The third-order valence-electron chi connectivity index (χ3n) is 2.74.